The van der Waals surface area contributed by atoms with Crippen LogP contribution in [0.4, 0.5) is 4.39 Å². The van der Waals surface area contributed by atoms with Crippen LogP contribution in [-0.2, 0) is 14.6 Å². The van der Waals surface area contributed by atoms with Crippen LogP contribution in [0.1, 0.15) is 13.3 Å². The average Bonchev–Trinajstić information content (AvgIpc) is 2.95. The van der Waals surface area contributed by atoms with E-state index in [1.807, 2.05) is 0 Å². The third-order valence-corrected chi connectivity index (χ3v) is 5.95. The molecule has 0 radical (unpaired) electrons. The highest BCUT2D eigenvalue weighted by molar-refractivity contribution is 7.92. The Morgan fingerprint density at radius 1 is 1.43 bits per heavy atom. The summed E-state index contributed by atoms with van der Waals surface area (Å²) in [5.74, 6) is -0.705. The highest BCUT2D eigenvalue weighted by Crippen LogP contribution is 2.21. The molecule has 0 spiro atoms. The maximum atomic E-state index is 12.9. The number of likely N-dealkylation sites (tertiary alicyclic amines) is 1. The zero-order valence-corrected chi connectivity index (χ0v) is 12.6. The Hall–Kier alpha value is -1.47. The molecule has 1 aliphatic heterocycles. The van der Waals surface area contributed by atoms with E-state index >= 15 is 0 Å². The van der Waals surface area contributed by atoms with E-state index in [4.69, 9.17) is 5.73 Å². The number of carbonyl (C=O) groups excluding carboxylic acids is 1. The molecule has 0 aromatic heterocycles. The van der Waals surface area contributed by atoms with Crippen molar-refractivity contribution in [1.29, 1.82) is 0 Å². The van der Waals surface area contributed by atoms with Crippen molar-refractivity contribution < 1.29 is 17.6 Å². The van der Waals surface area contributed by atoms with Gasteiger partial charge in [0.05, 0.1) is 4.90 Å². The molecule has 0 bridgehead atoms. The summed E-state index contributed by atoms with van der Waals surface area (Å²) in [6, 6.07) is 4.51. The predicted octanol–water partition coefficient (Wildman–Crippen LogP) is 0.795. The van der Waals surface area contributed by atoms with Crippen LogP contribution in [0.3, 0.4) is 0 Å². The van der Waals surface area contributed by atoms with E-state index in [9.17, 15) is 17.6 Å². The molecular weight excluding hydrogens is 295 g/mol. The number of rotatable bonds is 4. The zero-order chi connectivity index (χ0) is 15.6. The average molecular weight is 314 g/mol. The van der Waals surface area contributed by atoms with Gasteiger partial charge in [0.2, 0.25) is 5.91 Å². The number of nitrogens with two attached hydrogens (primary N) is 1. The van der Waals surface area contributed by atoms with Crippen LogP contribution in [0, 0.1) is 11.7 Å². The highest BCUT2D eigenvalue weighted by atomic mass is 32.2. The van der Waals surface area contributed by atoms with Gasteiger partial charge < -0.3 is 10.6 Å². The van der Waals surface area contributed by atoms with Crippen molar-refractivity contribution in [2.45, 2.75) is 23.5 Å². The Bertz CT molecular complexity index is 616. The Morgan fingerprint density at radius 2 is 2.05 bits per heavy atom. The number of nitrogens with zero attached hydrogens (tertiary/aromatic N) is 1. The summed E-state index contributed by atoms with van der Waals surface area (Å²) in [6.45, 7) is 2.89. The van der Waals surface area contributed by atoms with E-state index in [-0.39, 0.29) is 10.8 Å². The van der Waals surface area contributed by atoms with Crippen LogP contribution in [0.5, 0.6) is 0 Å². The largest absolute Gasteiger partial charge is 0.341 e. The normalized spacial score (nSPS) is 20.5. The van der Waals surface area contributed by atoms with Gasteiger partial charge >= 0.3 is 0 Å². The van der Waals surface area contributed by atoms with Gasteiger partial charge in [-0.15, -0.1) is 0 Å². The number of hydrogen-bond donors (Lipinski definition) is 1. The summed E-state index contributed by atoms with van der Waals surface area (Å²) in [7, 11) is -3.81. The fourth-order valence-corrected chi connectivity index (χ4v) is 3.78. The van der Waals surface area contributed by atoms with Gasteiger partial charge in [-0.3, -0.25) is 4.79 Å². The van der Waals surface area contributed by atoms with E-state index < -0.39 is 26.8 Å². The number of benzene rings is 1. The molecule has 5 nitrogen and oxygen atoms in total. The van der Waals surface area contributed by atoms with Gasteiger partial charge in [0.25, 0.3) is 0 Å². The van der Waals surface area contributed by atoms with Crippen LogP contribution in [0.25, 0.3) is 0 Å². The second kappa shape index (κ2) is 6.11. The van der Waals surface area contributed by atoms with E-state index in [0.29, 0.717) is 19.6 Å². The van der Waals surface area contributed by atoms with Crippen LogP contribution >= 0.6 is 0 Å². The molecule has 0 aliphatic carbocycles. The first-order chi connectivity index (χ1) is 9.86. The maximum Gasteiger partial charge on any atom is 0.241 e. The number of amides is 1. The van der Waals surface area contributed by atoms with Crippen LogP contribution in [0.15, 0.2) is 29.2 Å². The zero-order valence-electron chi connectivity index (χ0n) is 11.8. The van der Waals surface area contributed by atoms with Crippen LogP contribution in [0.2, 0.25) is 0 Å². The molecule has 0 saturated carbocycles. The molecular formula is C14H19FN2O3S. The van der Waals surface area contributed by atoms with Crippen LogP contribution in [-0.4, -0.2) is 44.1 Å². The summed E-state index contributed by atoms with van der Waals surface area (Å²) in [5, 5.41) is -1.18. The first-order valence-corrected chi connectivity index (χ1v) is 8.39. The minimum absolute atomic E-state index is 0.0423. The lowest BCUT2D eigenvalue weighted by molar-refractivity contribution is -0.129. The standard InChI is InChI=1S/C14H19FN2O3S/c1-10(14(18)17-7-6-11(8-16)9-17)21(19,20)13-4-2-12(15)3-5-13/h2-5,10-11H,6-9,16H2,1H3/t10-,11-/m0/s1. The quantitative estimate of drug-likeness (QED) is 0.834. The lowest BCUT2D eigenvalue weighted by Crippen LogP contribution is -2.40. The third kappa shape index (κ3) is 3.24. The molecule has 2 rings (SSSR count). The smallest absolute Gasteiger partial charge is 0.241 e. The monoisotopic (exact) mass is 314 g/mol. The summed E-state index contributed by atoms with van der Waals surface area (Å²) in [5.41, 5.74) is 5.57. The molecule has 1 aromatic carbocycles. The molecule has 1 fully saturated rings. The van der Waals surface area contributed by atoms with Gasteiger partial charge in [-0.05, 0) is 50.1 Å². The van der Waals surface area contributed by atoms with E-state index in [0.717, 1.165) is 18.6 Å². The van der Waals surface area contributed by atoms with E-state index in [1.54, 1.807) is 4.90 Å². The van der Waals surface area contributed by atoms with E-state index in [1.165, 1.54) is 19.1 Å². The maximum absolute atomic E-state index is 12.9. The van der Waals surface area contributed by atoms with Gasteiger partial charge in [0.1, 0.15) is 11.1 Å². The predicted molar refractivity (Wildman–Crippen MR) is 76.8 cm³/mol. The van der Waals surface area contributed by atoms with Gasteiger partial charge in [-0.2, -0.15) is 0 Å². The van der Waals surface area contributed by atoms with Crippen molar-refractivity contribution in [3.05, 3.63) is 30.1 Å². The van der Waals surface area contributed by atoms with Crippen molar-refractivity contribution in [3.8, 4) is 0 Å². The summed E-state index contributed by atoms with van der Waals surface area (Å²) in [4.78, 5) is 13.8. The molecule has 1 aromatic rings. The minimum Gasteiger partial charge on any atom is -0.341 e. The fraction of sp³-hybridized carbons (Fsp3) is 0.500. The fourth-order valence-electron chi connectivity index (χ4n) is 2.44. The Balaban J connectivity index is 2.16. The van der Waals surface area contributed by atoms with E-state index in [2.05, 4.69) is 0 Å². The van der Waals surface area contributed by atoms with Gasteiger partial charge in [0, 0.05) is 13.1 Å². The first kappa shape index (κ1) is 15.9. The Kier molecular flexibility index (Phi) is 4.63. The first-order valence-electron chi connectivity index (χ1n) is 6.84. The second-order valence-electron chi connectivity index (χ2n) is 5.32. The molecule has 7 heteroatoms. The molecule has 0 unspecified atom stereocenters. The molecule has 21 heavy (non-hydrogen) atoms. The van der Waals surface area contributed by atoms with Gasteiger partial charge in [-0.25, -0.2) is 12.8 Å². The van der Waals surface area contributed by atoms with Crippen molar-refractivity contribution >= 4 is 15.7 Å². The number of carbonyl (C=O) groups is 1. The van der Waals surface area contributed by atoms with Crippen molar-refractivity contribution in [1.82, 2.24) is 4.90 Å². The van der Waals surface area contributed by atoms with Crippen molar-refractivity contribution in [2.24, 2.45) is 11.7 Å². The molecule has 1 heterocycles. The second-order valence-corrected chi connectivity index (χ2v) is 7.58. The SMILES string of the molecule is C[C@@H](C(=O)N1CC[C@@H](CN)C1)S(=O)(=O)c1ccc(F)cc1. The molecule has 1 amide bonds. The summed E-state index contributed by atoms with van der Waals surface area (Å²) >= 11 is 0. The lowest BCUT2D eigenvalue weighted by Gasteiger charge is -2.21. The number of sulfone groups is 1. The molecule has 1 saturated heterocycles. The summed E-state index contributed by atoms with van der Waals surface area (Å²) in [6.07, 6.45) is 0.797. The Morgan fingerprint density at radius 3 is 2.57 bits per heavy atom. The molecule has 2 atom stereocenters. The van der Waals surface area contributed by atoms with Crippen molar-refractivity contribution in [2.75, 3.05) is 19.6 Å². The Labute approximate surface area is 123 Å². The third-order valence-electron chi connectivity index (χ3n) is 3.89. The molecule has 116 valence electrons. The summed E-state index contributed by atoms with van der Waals surface area (Å²) < 4.78 is 37.7. The molecule has 1 aliphatic rings. The van der Waals surface area contributed by atoms with Gasteiger partial charge in [-0.1, -0.05) is 0 Å². The number of halogens is 1. The minimum atomic E-state index is -3.81. The van der Waals surface area contributed by atoms with Crippen LogP contribution < -0.4 is 5.73 Å². The topological polar surface area (TPSA) is 80.5 Å². The van der Waals surface area contributed by atoms with Gasteiger partial charge in [0.15, 0.2) is 9.84 Å². The lowest BCUT2D eigenvalue weighted by atomic mass is 10.1. The van der Waals surface area contributed by atoms with Crippen molar-refractivity contribution in [3.63, 3.8) is 0 Å². The number of hydrogen-bond acceptors (Lipinski definition) is 4. The highest BCUT2D eigenvalue weighted by Gasteiger charge is 2.35. The molecule has 2 N–H and O–H groups in total.